The van der Waals surface area contributed by atoms with E-state index in [1.54, 1.807) is 0 Å². The minimum atomic E-state index is 0.363. The molecule has 0 saturated heterocycles. The summed E-state index contributed by atoms with van der Waals surface area (Å²) in [5.74, 6) is 0. The van der Waals surface area contributed by atoms with Crippen LogP contribution in [0, 0.1) is 22.7 Å². The molecular formula is C15H12N2. The summed E-state index contributed by atoms with van der Waals surface area (Å²) in [7, 11) is 0. The number of allylic oxidation sites excluding steroid dienone is 10. The van der Waals surface area contributed by atoms with Crippen LogP contribution in [0.2, 0.25) is 0 Å². The predicted octanol–water partition coefficient (Wildman–Crippen LogP) is 3.49. The van der Waals surface area contributed by atoms with Gasteiger partial charge in [-0.25, -0.2) is 0 Å². The topological polar surface area (TPSA) is 47.6 Å². The summed E-state index contributed by atoms with van der Waals surface area (Å²) in [6.45, 7) is 0. The number of nitriles is 2. The van der Waals surface area contributed by atoms with Crippen LogP contribution in [-0.2, 0) is 0 Å². The molecule has 2 rings (SSSR count). The molecule has 0 N–H and O–H groups in total. The van der Waals surface area contributed by atoms with E-state index in [0.29, 0.717) is 12.8 Å². The quantitative estimate of drug-likeness (QED) is 0.715. The van der Waals surface area contributed by atoms with Gasteiger partial charge in [-0.15, -0.1) is 0 Å². The van der Waals surface area contributed by atoms with Crippen molar-refractivity contribution >= 4 is 0 Å². The van der Waals surface area contributed by atoms with Gasteiger partial charge in [0.2, 0.25) is 0 Å². The lowest BCUT2D eigenvalue weighted by Gasteiger charge is -2.03. The zero-order chi connectivity index (χ0) is 12.1. The summed E-state index contributed by atoms with van der Waals surface area (Å²) < 4.78 is 0. The highest BCUT2D eigenvalue weighted by molar-refractivity contribution is 5.51. The molecule has 0 radical (unpaired) electrons. The van der Waals surface area contributed by atoms with Gasteiger partial charge in [0.25, 0.3) is 0 Å². The molecule has 82 valence electrons. The Morgan fingerprint density at radius 2 is 1.35 bits per heavy atom. The molecule has 2 aliphatic rings. The Balaban J connectivity index is 2.48. The van der Waals surface area contributed by atoms with E-state index in [-0.39, 0.29) is 0 Å². The van der Waals surface area contributed by atoms with Gasteiger partial charge in [0.1, 0.15) is 0 Å². The molecule has 0 aromatic rings. The van der Waals surface area contributed by atoms with Crippen molar-refractivity contribution in [2.75, 3.05) is 0 Å². The molecule has 0 atom stereocenters. The van der Waals surface area contributed by atoms with E-state index in [1.165, 1.54) is 11.1 Å². The lowest BCUT2D eigenvalue weighted by molar-refractivity contribution is 1.14. The van der Waals surface area contributed by atoms with Gasteiger partial charge in [0.15, 0.2) is 0 Å². The third-order valence-corrected chi connectivity index (χ3v) is 2.81. The molecular weight excluding hydrogens is 208 g/mol. The lowest BCUT2D eigenvalue weighted by Crippen LogP contribution is -1.88. The first-order chi connectivity index (χ1) is 8.33. The van der Waals surface area contributed by atoms with Crippen molar-refractivity contribution < 1.29 is 0 Å². The van der Waals surface area contributed by atoms with Gasteiger partial charge in [-0.05, 0) is 28.7 Å². The second-order valence-electron chi connectivity index (χ2n) is 4.05. The van der Waals surface area contributed by atoms with Crippen LogP contribution in [0.5, 0.6) is 0 Å². The Hall–Kier alpha value is -2.32. The summed E-state index contributed by atoms with van der Waals surface area (Å²) >= 11 is 0. The molecule has 0 aromatic carbocycles. The normalized spacial score (nSPS) is 17.5. The molecule has 2 nitrogen and oxygen atoms in total. The minimum Gasteiger partial charge on any atom is -0.198 e. The maximum Gasteiger partial charge on any atom is 0.0669 e. The summed E-state index contributed by atoms with van der Waals surface area (Å²) in [6, 6.07) is 4.33. The Morgan fingerprint density at radius 3 is 1.76 bits per heavy atom. The van der Waals surface area contributed by atoms with Crippen LogP contribution in [0.3, 0.4) is 0 Å². The van der Waals surface area contributed by atoms with E-state index in [9.17, 15) is 0 Å². The number of hydrogen-bond acceptors (Lipinski definition) is 2. The monoisotopic (exact) mass is 220 g/mol. The molecule has 0 aromatic heterocycles. The summed E-state index contributed by atoms with van der Waals surface area (Å²) in [5.41, 5.74) is 4.33. The molecule has 0 spiro atoms. The fourth-order valence-corrected chi connectivity index (χ4v) is 2.04. The maximum atomic E-state index is 8.84. The van der Waals surface area contributed by atoms with Crippen LogP contribution >= 0.6 is 0 Å². The Morgan fingerprint density at radius 1 is 0.882 bits per heavy atom. The molecule has 0 aliphatic heterocycles. The molecule has 0 fully saturated rings. The van der Waals surface area contributed by atoms with E-state index in [2.05, 4.69) is 24.3 Å². The molecule has 2 heteroatoms. The summed E-state index contributed by atoms with van der Waals surface area (Å²) in [6.07, 6.45) is 13.8. The van der Waals surface area contributed by atoms with Crippen LogP contribution in [0.25, 0.3) is 0 Å². The molecule has 0 unspecified atom stereocenters. The zero-order valence-corrected chi connectivity index (χ0v) is 9.48. The van der Waals surface area contributed by atoms with E-state index >= 15 is 0 Å². The van der Waals surface area contributed by atoms with Crippen LogP contribution < -0.4 is 0 Å². The fraction of sp³-hybridized carbons (Fsp3) is 0.200. The molecule has 0 heterocycles. The zero-order valence-electron chi connectivity index (χ0n) is 9.48. The smallest absolute Gasteiger partial charge is 0.0669 e. The van der Waals surface area contributed by atoms with Crippen LogP contribution in [0.15, 0.2) is 58.7 Å². The SMILES string of the molecule is N#CCC1=CC2=CC=CC=C(C=C1CC#N)C2. The summed E-state index contributed by atoms with van der Waals surface area (Å²) in [4.78, 5) is 0. The third-order valence-electron chi connectivity index (χ3n) is 2.81. The van der Waals surface area contributed by atoms with Crippen LogP contribution in [-0.4, -0.2) is 0 Å². The third kappa shape index (κ3) is 2.62. The van der Waals surface area contributed by atoms with Gasteiger partial charge in [0, 0.05) is 0 Å². The Labute approximate surface area is 101 Å². The van der Waals surface area contributed by atoms with Gasteiger partial charge in [-0.3, -0.25) is 0 Å². The largest absolute Gasteiger partial charge is 0.198 e. The minimum absolute atomic E-state index is 0.363. The Kier molecular flexibility index (Phi) is 3.38. The number of rotatable bonds is 2. The molecule has 17 heavy (non-hydrogen) atoms. The second kappa shape index (κ2) is 5.14. The van der Waals surface area contributed by atoms with Crippen molar-refractivity contribution in [3.8, 4) is 12.1 Å². The van der Waals surface area contributed by atoms with Gasteiger partial charge in [-0.2, -0.15) is 10.5 Å². The highest BCUT2D eigenvalue weighted by Gasteiger charge is 2.12. The average Bonchev–Trinajstić information content (AvgIpc) is 2.62. The fourth-order valence-electron chi connectivity index (χ4n) is 2.04. The molecule has 2 aliphatic carbocycles. The van der Waals surface area contributed by atoms with Gasteiger partial charge in [0.05, 0.1) is 25.0 Å². The van der Waals surface area contributed by atoms with Crippen molar-refractivity contribution in [2.45, 2.75) is 19.3 Å². The number of fused-ring (bicyclic) bond motifs is 2. The maximum absolute atomic E-state index is 8.84. The first-order valence-electron chi connectivity index (χ1n) is 5.55. The Bertz CT molecular complexity index is 505. The molecule has 0 saturated carbocycles. The van der Waals surface area contributed by atoms with Crippen molar-refractivity contribution in [1.29, 1.82) is 10.5 Å². The second-order valence-corrected chi connectivity index (χ2v) is 4.05. The predicted molar refractivity (Wildman–Crippen MR) is 66.5 cm³/mol. The van der Waals surface area contributed by atoms with E-state index in [4.69, 9.17) is 10.5 Å². The van der Waals surface area contributed by atoms with E-state index in [1.807, 2.05) is 24.3 Å². The lowest BCUT2D eigenvalue weighted by atomic mass is 9.99. The van der Waals surface area contributed by atoms with E-state index < -0.39 is 0 Å². The molecule has 2 bridgehead atoms. The van der Waals surface area contributed by atoms with E-state index in [0.717, 1.165) is 17.6 Å². The van der Waals surface area contributed by atoms with Crippen LogP contribution in [0.4, 0.5) is 0 Å². The van der Waals surface area contributed by atoms with Crippen molar-refractivity contribution in [3.63, 3.8) is 0 Å². The van der Waals surface area contributed by atoms with Crippen LogP contribution in [0.1, 0.15) is 19.3 Å². The van der Waals surface area contributed by atoms with Gasteiger partial charge < -0.3 is 0 Å². The van der Waals surface area contributed by atoms with Crippen molar-refractivity contribution in [3.05, 3.63) is 58.7 Å². The highest BCUT2D eigenvalue weighted by atomic mass is 14.3. The molecule has 0 amide bonds. The first-order valence-corrected chi connectivity index (χ1v) is 5.55. The number of hydrogen-bond donors (Lipinski definition) is 0. The highest BCUT2D eigenvalue weighted by Crippen LogP contribution is 2.29. The van der Waals surface area contributed by atoms with Gasteiger partial charge in [-0.1, -0.05) is 36.5 Å². The average molecular weight is 220 g/mol. The standard InChI is InChI=1S/C15H12N2/c16-7-5-14-10-12-3-1-2-4-13(9-12)11-15(14)6-8-17/h1-4,10-11H,5-6,9H2. The van der Waals surface area contributed by atoms with Crippen molar-refractivity contribution in [2.24, 2.45) is 0 Å². The number of nitrogens with zero attached hydrogens (tertiary/aromatic N) is 2. The summed E-state index contributed by atoms with van der Waals surface area (Å²) in [5, 5.41) is 17.7. The van der Waals surface area contributed by atoms with Gasteiger partial charge >= 0.3 is 0 Å². The van der Waals surface area contributed by atoms with Crippen molar-refractivity contribution in [1.82, 2.24) is 0 Å². The first kappa shape index (κ1) is 11.2.